The molecule has 0 aliphatic carbocycles. The number of ether oxygens (including phenoxy) is 1. The number of nitrogens with one attached hydrogen (secondary N) is 2. The minimum atomic E-state index is -4.77. The molecule has 2 unspecified atom stereocenters. The normalized spacial score (nSPS) is 18.3. The zero-order chi connectivity index (χ0) is 22.6. The molecule has 2 N–H and O–H groups in total. The lowest BCUT2D eigenvalue weighted by atomic mass is 9.98. The summed E-state index contributed by atoms with van der Waals surface area (Å²) in [6, 6.07) is 2.89. The van der Waals surface area contributed by atoms with Crippen molar-refractivity contribution in [3.8, 4) is 0 Å². The summed E-state index contributed by atoms with van der Waals surface area (Å²) in [7, 11) is 0. The molecule has 2 heterocycles. The largest absolute Gasteiger partial charge is 0.418 e. The van der Waals surface area contributed by atoms with Crippen molar-refractivity contribution < 1.29 is 35.9 Å². The third kappa shape index (κ3) is 5.87. The van der Waals surface area contributed by atoms with E-state index in [4.69, 9.17) is 4.74 Å². The summed E-state index contributed by atoms with van der Waals surface area (Å²) in [4.78, 5) is 16.3. The molecular formula is C20H19F6N3O2. The van der Waals surface area contributed by atoms with Gasteiger partial charge in [-0.15, -0.1) is 0 Å². The SMILES string of the molecule is O=C(NC1CCCOC1)NC(c1ccc(C(F)(F)F)cc1)c1ncccc1C(F)(F)F. The van der Waals surface area contributed by atoms with Crippen molar-refractivity contribution in [1.82, 2.24) is 15.6 Å². The van der Waals surface area contributed by atoms with E-state index in [0.717, 1.165) is 42.6 Å². The van der Waals surface area contributed by atoms with Gasteiger partial charge < -0.3 is 15.4 Å². The molecule has 1 aromatic heterocycles. The Morgan fingerprint density at radius 1 is 1.06 bits per heavy atom. The molecule has 3 rings (SSSR count). The quantitative estimate of drug-likeness (QED) is 0.669. The standard InChI is InChI=1S/C20H19F6N3O2/c21-19(22,23)13-7-5-12(6-8-13)16(17-15(20(24,25)26)4-1-9-27-17)29-18(30)28-14-3-2-10-31-11-14/h1,4-9,14,16H,2-3,10-11H2,(H2,28,29,30). The van der Waals surface area contributed by atoms with E-state index in [1.165, 1.54) is 0 Å². The van der Waals surface area contributed by atoms with Crippen LogP contribution in [0.5, 0.6) is 0 Å². The van der Waals surface area contributed by atoms with Crippen LogP contribution in [0, 0.1) is 0 Å². The maximum Gasteiger partial charge on any atom is 0.418 e. The molecule has 168 valence electrons. The zero-order valence-corrected chi connectivity index (χ0v) is 16.1. The van der Waals surface area contributed by atoms with Crippen LogP contribution in [0.25, 0.3) is 0 Å². The van der Waals surface area contributed by atoms with Gasteiger partial charge in [0.15, 0.2) is 0 Å². The van der Waals surface area contributed by atoms with Crippen LogP contribution in [0.1, 0.15) is 41.3 Å². The van der Waals surface area contributed by atoms with Gasteiger partial charge in [0.2, 0.25) is 0 Å². The average molecular weight is 447 g/mol. The topological polar surface area (TPSA) is 63.2 Å². The van der Waals surface area contributed by atoms with Crippen molar-refractivity contribution in [3.05, 3.63) is 65.0 Å². The Labute approximate surface area is 173 Å². The van der Waals surface area contributed by atoms with Crippen molar-refractivity contribution in [2.45, 2.75) is 37.3 Å². The second-order valence-electron chi connectivity index (χ2n) is 7.02. The van der Waals surface area contributed by atoms with Crippen LogP contribution >= 0.6 is 0 Å². The van der Waals surface area contributed by atoms with Crippen molar-refractivity contribution in [2.75, 3.05) is 13.2 Å². The number of pyridine rings is 1. The number of carbonyl (C=O) groups is 1. The third-order valence-electron chi connectivity index (χ3n) is 4.76. The predicted octanol–water partition coefficient (Wildman–Crippen LogP) is 4.69. The molecule has 2 aromatic rings. The van der Waals surface area contributed by atoms with Gasteiger partial charge in [0, 0.05) is 12.8 Å². The van der Waals surface area contributed by atoms with Gasteiger partial charge in [-0.3, -0.25) is 4.98 Å². The number of benzene rings is 1. The Bertz CT molecular complexity index is 893. The van der Waals surface area contributed by atoms with E-state index in [0.29, 0.717) is 19.4 Å². The fourth-order valence-electron chi connectivity index (χ4n) is 3.27. The number of hydrogen-bond donors (Lipinski definition) is 2. The lowest BCUT2D eigenvalue weighted by Crippen LogP contribution is -2.47. The van der Waals surface area contributed by atoms with E-state index in [1.54, 1.807) is 0 Å². The maximum absolute atomic E-state index is 13.5. The summed E-state index contributed by atoms with van der Waals surface area (Å²) in [6.45, 7) is 0.812. The number of amides is 2. The van der Waals surface area contributed by atoms with Crippen LogP contribution in [-0.4, -0.2) is 30.3 Å². The van der Waals surface area contributed by atoms with Gasteiger partial charge in [0.05, 0.1) is 35.5 Å². The van der Waals surface area contributed by atoms with Crippen LogP contribution < -0.4 is 10.6 Å². The first-order valence-electron chi connectivity index (χ1n) is 9.40. The highest BCUT2D eigenvalue weighted by molar-refractivity contribution is 5.75. The summed E-state index contributed by atoms with van der Waals surface area (Å²) in [5, 5.41) is 5.04. The highest BCUT2D eigenvalue weighted by atomic mass is 19.4. The van der Waals surface area contributed by atoms with Crippen molar-refractivity contribution in [2.24, 2.45) is 0 Å². The average Bonchev–Trinajstić information content (AvgIpc) is 2.72. The van der Waals surface area contributed by atoms with Gasteiger partial charge in [0.25, 0.3) is 0 Å². The van der Waals surface area contributed by atoms with E-state index in [-0.39, 0.29) is 18.2 Å². The Hall–Kier alpha value is -2.82. The molecule has 2 atom stereocenters. The lowest BCUT2D eigenvalue weighted by Gasteiger charge is -2.26. The highest BCUT2D eigenvalue weighted by Crippen LogP contribution is 2.36. The summed E-state index contributed by atoms with van der Waals surface area (Å²) in [5.74, 6) is 0. The monoisotopic (exact) mass is 447 g/mol. The van der Waals surface area contributed by atoms with Crippen LogP contribution in [0.15, 0.2) is 42.6 Å². The summed E-state index contributed by atoms with van der Waals surface area (Å²) in [6.07, 6.45) is -6.91. The molecule has 0 radical (unpaired) electrons. The first kappa shape index (κ1) is 22.9. The van der Waals surface area contributed by atoms with Gasteiger partial charge >= 0.3 is 18.4 Å². The molecule has 11 heteroatoms. The first-order chi connectivity index (χ1) is 14.6. The fraction of sp³-hybridized carbons (Fsp3) is 0.400. The van der Waals surface area contributed by atoms with E-state index < -0.39 is 41.2 Å². The van der Waals surface area contributed by atoms with Crippen LogP contribution in [0.3, 0.4) is 0 Å². The molecule has 5 nitrogen and oxygen atoms in total. The number of alkyl halides is 6. The molecule has 1 aliphatic rings. The van der Waals surface area contributed by atoms with E-state index in [1.807, 2.05) is 0 Å². The number of rotatable bonds is 4. The lowest BCUT2D eigenvalue weighted by molar-refractivity contribution is -0.139. The number of halogens is 6. The van der Waals surface area contributed by atoms with Gasteiger partial charge in [0.1, 0.15) is 0 Å². The van der Waals surface area contributed by atoms with Gasteiger partial charge in [-0.05, 0) is 42.7 Å². The maximum atomic E-state index is 13.5. The second-order valence-corrected chi connectivity index (χ2v) is 7.02. The van der Waals surface area contributed by atoms with E-state index >= 15 is 0 Å². The van der Waals surface area contributed by atoms with Crippen LogP contribution in [0.2, 0.25) is 0 Å². The van der Waals surface area contributed by atoms with E-state index in [9.17, 15) is 31.1 Å². The molecule has 1 aromatic carbocycles. The molecule has 31 heavy (non-hydrogen) atoms. The first-order valence-corrected chi connectivity index (χ1v) is 9.40. The summed E-state index contributed by atoms with van der Waals surface area (Å²) < 4.78 is 84.5. The molecule has 2 amide bonds. The Morgan fingerprint density at radius 3 is 2.35 bits per heavy atom. The number of nitrogens with zero attached hydrogens (tertiary/aromatic N) is 1. The minimum absolute atomic E-state index is 0.0206. The van der Waals surface area contributed by atoms with Gasteiger partial charge in [-0.1, -0.05) is 12.1 Å². The predicted molar refractivity (Wildman–Crippen MR) is 98.0 cm³/mol. The molecule has 0 spiro atoms. The van der Waals surface area contributed by atoms with Crippen molar-refractivity contribution in [3.63, 3.8) is 0 Å². The molecule has 1 fully saturated rings. The molecule has 0 bridgehead atoms. The highest BCUT2D eigenvalue weighted by Gasteiger charge is 2.37. The van der Waals surface area contributed by atoms with Crippen LogP contribution in [0.4, 0.5) is 31.1 Å². The molecule has 1 saturated heterocycles. The van der Waals surface area contributed by atoms with Crippen molar-refractivity contribution in [1.29, 1.82) is 0 Å². The third-order valence-corrected chi connectivity index (χ3v) is 4.76. The number of aromatic nitrogens is 1. The smallest absolute Gasteiger partial charge is 0.379 e. The number of urea groups is 1. The zero-order valence-electron chi connectivity index (χ0n) is 16.1. The van der Waals surface area contributed by atoms with E-state index in [2.05, 4.69) is 15.6 Å². The summed E-state index contributed by atoms with van der Waals surface area (Å²) in [5.41, 5.74) is -2.56. The Morgan fingerprint density at radius 2 is 1.77 bits per heavy atom. The Kier molecular flexibility index (Phi) is 6.73. The van der Waals surface area contributed by atoms with Gasteiger partial charge in [-0.25, -0.2) is 4.79 Å². The molecule has 1 aliphatic heterocycles. The Balaban J connectivity index is 1.94. The number of carbonyl (C=O) groups excluding carboxylic acids is 1. The van der Waals surface area contributed by atoms with Crippen LogP contribution in [-0.2, 0) is 17.1 Å². The molecular weight excluding hydrogens is 428 g/mol. The van der Waals surface area contributed by atoms with Crippen molar-refractivity contribution >= 4 is 6.03 Å². The molecule has 0 saturated carbocycles. The minimum Gasteiger partial charge on any atom is -0.379 e. The number of hydrogen-bond acceptors (Lipinski definition) is 3. The second kappa shape index (κ2) is 9.13. The van der Waals surface area contributed by atoms with Gasteiger partial charge in [-0.2, -0.15) is 26.3 Å². The fourth-order valence-corrected chi connectivity index (χ4v) is 3.27. The summed E-state index contributed by atoms with van der Waals surface area (Å²) >= 11 is 0.